The monoisotopic (exact) mass is 734 g/mol. The summed E-state index contributed by atoms with van der Waals surface area (Å²) in [4.78, 5) is 30.9. The molecule has 50 heavy (non-hydrogen) atoms. The van der Waals surface area contributed by atoms with Crippen LogP contribution in [-0.2, 0) is 28.5 Å². The Labute approximate surface area is 293 Å². The third kappa shape index (κ3) is 8.16. The highest BCUT2D eigenvalue weighted by molar-refractivity contribution is 7.82. The number of hydrogen-bond donors (Lipinski definition) is 4. The van der Waals surface area contributed by atoms with E-state index in [-0.39, 0.29) is 47.6 Å². The van der Waals surface area contributed by atoms with Crippen LogP contribution in [0.2, 0.25) is 0 Å². The molecule has 3 aromatic rings. The largest absolute Gasteiger partial charge is 0.427 e. The lowest BCUT2D eigenvalue weighted by Crippen LogP contribution is -2.52. The van der Waals surface area contributed by atoms with Crippen LogP contribution >= 0.6 is 11.3 Å². The van der Waals surface area contributed by atoms with E-state index in [4.69, 9.17) is 5.41 Å². The van der Waals surface area contributed by atoms with E-state index in [0.29, 0.717) is 65.5 Å². The number of amides is 3. The number of likely N-dealkylation sites (tertiary alicyclic amines) is 1. The number of imide groups is 1. The number of thiazole rings is 1. The van der Waals surface area contributed by atoms with Crippen molar-refractivity contribution < 1.29 is 31.4 Å². The SMILES string of the molecule is CNc1cc(C2CCN(Cc3cc(S(=O)N4CCC(Nc5ncc(C(F)(F)F)s5)CC4)ccc3F)CC2)ccc1C(=N)N1CCC(=O)NC1=O. The summed E-state index contributed by atoms with van der Waals surface area (Å²) in [5.74, 6) is -0.445. The number of hydrogen-bond acceptors (Lipinski definition) is 9. The molecule has 4 N–H and O–H groups in total. The number of amidine groups is 1. The number of carbonyl (C=O) groups excluding carboxylic acids is 2. The molecule has 3 fully saturated rings. The minimum atomic E-state index is -4.43. The number of nitrogens with zero attached hydrogens (tertiary/aromatic N) is 4. The molecule has 0 spiro atoms. The lowest BCUT2D eigenvalue weighted by molar-refractivity contribution is -0.134. The van der Waals surface area contributed by atoms with E-state index in [1.165, 1.54) is 11.0 Å². The number of aromatic nitrogens is 1. The number of benzene rings is 2. The molecule has 1 atom stereocenters. The molecular formula is C33H38F4N8O3S2. The van der Waals surface area contributed by atoms with E-state index >= 15 is 0 Å². The van der Waals surface area contributed by atoms with Gasteiger partial charge in [-0.3, -0.25) is 25.3 Å². The standard InChI is InChI=1S/C33H38F4N8O3S2/c1-39-27-17-21(2-4-25(27)30(38)45-15-10-29(46)42-32(45)47)20-6-11-43(12-7-20)19-22-16-24(3-5-26(22)34)50(48)44-13-8-23(9-14-44)41-31-40-18-28(49-31)33(35,36)37/h2-5,16-18,20,23,38-39H,6-15,19H2,1H3,(H,40,41)(H,42,46,47). The van der Waals surface area contributed by atoms with Crippen molar-refractivity contribution in [3.63, 3.8) is 0 Å². The number of anilines is 2. The van der Waals surface area contributed by atoms with Gasteiger partial charge in [0.1, 0.15) is 27.5 Å². The van der Waals surface area contributed by atoms with Gasteiger partial charge < -0.3 is 10.6 Å². The highest BCUT2D eigenvalue weighted by Crippen LogP contribution is 2.36. The van der Waals surface area contributed by atoms with Crippen molar-refractivity contribution in [2.45, 2.75) is 61.7 Å². The molecule has 0 bridgehead atoms. The van der Waals surface area contributed by atoms with Crippen LogP contribution in [0.25, 0.3) is 0 Å². The minimum Gasteiger partial charge on any atom is -0.388 e. The van der Waals surface area contributed by atoms with Crippen LogP contribution in [-0.4, -0.2) is 86.9 Å². The lowest BCUT2D eigenvalue weighted by Gasteiger charge is -2.33. The molecule has 1 unspecified atom stereocenters. The second-order valence-electron chi connectivity index (χ2n) is 12.6. The average Bonchev–Trinajstić information content (AvgIpc) is 3.58. The van der Waals surface area contributed by atoms with E-state index < -0.39 is 28.1 Å². The third-order valence-electron chi connectivity index (χ3n) is 9.36. The van der Waals surface area contributed by atoms with Crippen molar-refractivity contribution in [2.75, 3.05) is 50.4 Å². The Morgan fingerprint density at radius 1 is 1.06 bits per heavy atom. The molecule has 3 amide bonds. The number of rotatable bonds is 9. The second-order valence-corrected chi connectivity index (χ2v) is 15.1. The molecule has 3 saturated heterocycles. The normalized spacial score (nSPS) is 19.3. The van der Waals surface area contributed by atoms with Gasteiger partial charge in [-0.25, -0.2) is 22.7 Å². The first kappa shape index (κ1) is 35.9. The van der Waals surface area contributed by atoms with Crippen molar-refractivity contribution in [3.8, 4) is 0 Å². The Balaban J connectivity index is 1.01. The van der Waals surface area contributed by atoms with Gasteiger partial charge in [0.05, 0.1) is 11.1 Å². The minimum absolute atomic E-state index is 0.0186. The van der Waals surface area contributed by atoms with E-state index in [1.807, 2.05) is 18.2 Å². The van der Waals surface area contributed by atoms with Crippen LogP contribution in [0.3, 0.4) is 0 Å². The van der Waals surface area contributed by atoms with Crippen LogP contribution in [0.4, 0.5) is 33.2 Å². The van der Waals surface area contributed by atoms with Crippen LogP contribution < -0.4 is 16.0 Å². The zero-order chi connectivity index (χ0) is 35.6. The number of piperidine rings is 2. The van der Waals surface area contributed by atoms with Crippen LogP contribution in [0.15, 0.2) is 47.5 Å². The molecule has 4 heterocycles. The number of carbonyl (C=O) groups is 2. The summed E-state index contributed by atoms with van der Waals surface area (Å²) in [6.45, 7) is 2.92. The first-order valence-corrected chi connectivity index (χ1v) is 18.3. The van der Waals surface area contributed by atoms with Crippen LogP contribution in [0, 0.1) is 11.2 Å². The van der Waals surface area contributed by atoms with Gasteiger partial charge in [0.15, 0.2) is 5.13 Å². The summed E-state index contributed by atoms with van der Waals surface area (Å²) in [7, 11) is 0.248. The average molecular weight is 735 g/mol. The maximum atomic E-state index is 15.0. The van der Waals surface area contributed by atoms with E-state index in [2.05, 4.69) is 25.8 Å². The zero-order valence-electron chi connectivity index (χ0n) is 27.3. The quantitative estimate of drug-likeness (QED) is 0.128. The second kappa shape index (κ2) is 15.1. The number of halogens is 4. The lowest BCUT2D eigenvalue weighted by atomic mass is 9.88. The number of alkyl halides is 3. The molecule has 6 rings (SSSR count). The molecule has 2 aromatic carbocycles. The summed E-state index contributed by atoms with van der Waals surface area (Å²) in [5.41, 5.74) is 2.85. The van der Waals surface area contributed by atoms with Crippen LogP contribution in [0.5, 0.6) is 0 Å². The molecule has 17 heteroatoms. The smallest absolute Gasteiger partial charge is 0.388 e. The molecule has 0 aliphatic carbocycles. The van der Waals surface area contributed by atoms with Gasteiger partial charge in [-0.05, 0) is 80.6 Å². The van der Waals surface area contributed by atoms with E-state index in [1.54, 1.807) is 23.5 Å². The van der Waals surface area contributed by atoms with Crippen molar-refractivity contribution in [1.29, 1.82) is 5.41 Å². The fourth-order valence-corrected chi connectivity index (χ4v) is 8.59. The van der Waals surface area contributed by atoms with Crippen molar-refractivity contribution in [3.05, 3.63) is 70.0 Å². The summed E-state index contributed by atoms with van der Waals surface area (Å²) in [5, 5.41) is 17.3. The highest BCUT2D eigenvalue weighted by Gasteiger charge is 2.34. The summed E-state index contributed by atoms with van der Waals surface area (Å²) in [6.07, 6.45) is -0.633. The number of urea groups is 1. The molecule has 0 radical (unpaired) electrons. The molecule has 1 aromatic heterocycles. The Kier molecular flexibility index (Phi) is 10.9. The van der Waals surface area contributed by atoms with Gasteiger partial charge in [0.2, 0.25) is 5.91 Å². The fourth-order valence-electron chi connectivity index (χ4n) is 6.56. The van der Waals surface area contributed by atoms with E-state index in [0.717, 1.165) is 37.7 Å². The fraction of sp³-hybridized carbons (Fsp3) is 0.455. The van der Waals surface area contributed by atoms with Gasteiger partial charge in [-0.1, -0.05) is 17.4 Å². The van der Waals surface area contributed by atoms with Gasteiger partial charge in [0.25, 0.3) is 0 Å². The molecule has 3 aliphatic heterocycles. The molecule has 268 valence electrons. The van der Waals surface area contributed by atoms with Crippen molar-refractivity contribution in [2.24, 2.45) is 0 Å². The Bertz CT molecular complexity index is 1770. The first-order chi connectivity index (χ1) is 23.9. The van der Waals surface area contributed by atoms with E-state index in [9.17, 15) is 31.4 Å². The Hall–Kier alpha value is -3.93. The molecular weight excluding hydrogens is 697 g/mol. The zero-order valence-corrected chi connectivity index (χ0v) is 28.9. The molecule has 3 aliphatic rings. The van der Waals surface area contributed by atoms with Crippen LogP contribution in [0.1, 0.15) is 59.6 Å². The summed E-state index contributed by atoms with van der Waals surface area (Å²) >= 11 is 0.570. The van der Waals surface area contributed by atoms with Gasteiger partial charge in [0, 0.05) is 62.5 Å². The first-order valence-electron chi connectivity index (χ1n) is 16.4. The topological polar surface area (TPSA) is 134 Å². The van der Waals surface area contributed by atoms with Crippen molar-refractivity contribution in [1.82, 2.24) is 24.4 Å². The van der Waals surface area contributed by atoms with Gasteiger partial charge in [-0.15, -0.1) is 0 Å². The van der Waals surface area contributed by atoms with Crippen molar-refractivity contribution >= 4 is 50.9 Å². The Morgan fingerprint density at radius 2 is 1.80 bits per heavy atom. The predicted octanol–water partition coefficient (Wildman–Crippen LogP) is 5.59. The van der Waals surface area contributed by atoms with Gasteiger partial charge >= 0.3 is 12.2 Å². The maximum Gasteiger partial charge on any atom is 0.427 e. The molecule has 11 nitrogen and oxygen atoms in total. The summed E-state index contributed by atoms with van der Waals surface area (Å²) < 4.78 is 69.0. The maximum absolute atomic E-state index is 15.0. The molecule has 0 saturated carbocycles. The Morgan fingerprint density at radius 3 is 2.46 bits per heavy atom. The van der Waals surface area contributed by atoms with Gasteiger partial charge in [-0.2, -0.15) is 13.2 Å². The third-order valence-corrected chi connectivity index (χ3v) is 11.8. The highest BCUT2D eigenvalue weighted by atomic mass is 32.2. The predicted molar refractivity (Wildman–Crippen MR) is 183 cm³/mol. The number of nitrogens with one attached hydrogen (secondary N) is 4. The summed E-state index contributed by atoms with van der Waals surface area (Å²) in [6, 6.07) is 9.67.